The molecule has 1 fully saturated rings. The standard InChI is InChI=1S/C28H33N5O2.C25H28N4O3.C24H20N4O3.C23H24N4O2/c1-18-13-24-25(14-23(18)17-32-15-19(2)35-20(3)16-32)33(12-8-11-22-9-6-5-7-10-22)27-26(31-24)28(34)30-21(4)29-27;1-14-10-19-20(11-15(14)2)29(22-21(26-19)23(31)28-24(32)27-22)13-18(30)12-16-6-8-17(9-7-16)25(3,4)5;1-14-6-9-20-19(10-14)25-21-22(26-24(31)27-23(21)30)28(20)13-18(29)12-15-7-8-16-4-2-3-5-17(16)11-15;1-14-10-19-20(11-15(14)2)27(22-21(26-19)23(28)25-16(3)24-22)13-18(29-4)12-17-8-6-5-7-9-17/h5-7,9-10,13-14,19-20H,4,8,11-12,15-17H2,1-3H3,(H,30,34);6-11,18,30H,12-13H2,1-5H3,(H,28,31,32);2-11,18,29H,12-13H2,1H3,(H,27,30,31);5-11,18H,3,12-13H2,1-2,4H3,(H,25,28). The monoisotopic (exact) mass is 1700 g/mol. The van der Waals surface area contributed by atoms with Crippen molar-refractivity contribution in [3.05, 3.63) is 333 Å². The van der Waals surface area contributed by atoms with E-state index in [0.717, 1.165) is 123 Å². The summed E-state index contributed by atoms with van der Waals surface area (Å²) in [5.74, 6) is 1.45. The van der Waals surface area contributed by atoms with Crippen molar-refractivity contribution in [3.63, 3.8) is 0 Å². The third kappa shape index (κ3) is 20.3. The Labute approximate surface area is 732 Å². The fourth-order valence-electron chi connectivity index (χ4n) is 16.7. The first-order valence-electron chi connectivity index (χ1n) is 42.7. The Balaban J connectivity index is 0.000000131. The zero-order valence-electron chi connectivity index (χ0n) is 73.6. The zero-order valence-corrected chi connectivity index (χ0v) is 73.6. The maximum absolute atomic E-state index is 12.7. The molecule has 127 heavy (non-hydrogen) atoms. The van der Waals surface area contributed by atoms with Crippen LogP contribution in [-0.4, -0.2) is 138 Å². The molecule has 2 aromatic heterocycles. The van der Waals surface area contributed by atoms with E-state index in [4.69, 9.17) is 14.5 Å². The van der Waals surface area contributed by atoms with Crippen LogP contribution in [0.2, 0.25) is 0 Å². The van der Waals surface area contributed by atoms with E-state index in [1.807, 2.05) is 142 Å². The van der Waals surface area contributed by atoms with Gasteiger partial charge < -0.3 is 48.6 Å². The van der Waals surface area contributed by atoms with Gasteiger partial charge in [-0.3, -0.25) is 34.0 Å². The second kappa shape index (κ2) is 37.6. The number of ether oxygens (including phenoxy) is 2. The fraction of sp³-hybridized carbons (Fsp3) is 0.300. The molecule has 0 saturated carbocycles. The van der Waals surface area contributed by atoms with Gasteiger partial charge in [0.05, 0.1) is 95.0 Å². The molecule has 0 radical (unpaired) electrons. The Morgan fingerprint density at radius 2 is 0.992 bits per heavy atom. The largest absolute Gasteiger partial charge is 0.391 e. The number of aliphatic hydroxyl groups excluding tert-OH is 2. The van der Waals surface area contributed by atoms with Crippen molar-refractivity contribution >= 4 is 80.4 Å². The van der Waals surface area contributed by atoms with Crippen molar-refractivity contribution in [1.82, 2.24) is 63.9 Å². The van der Waals surface area contributed by atoms with Crippen LogP contribution in [0.1, 0.15) is 108 Å². The van der Waals surface area contributed by atoms with Crippen molar-refractivity contribution < 1.29 is 19.7 Å². The normalized spacial score (nSPS) is 14.9. The van der Waals surface area contributed by atoms with Crippen LogP contribution in [0.15, 0.2) is 221 Å². The van der Waals surface area contributed by atoms with Crippen molar-refractivity contribution in [2.75, 3.05) is 43.1 Å². The number of aromatic nitrogens is 12. The first-order valence-corrected chi connectivity index (χ1v) is 42.7. The van der Waals surface area contributed by atoms with Gasteiger partial charge >= 0.3 is 11.4 Å². The van der Waals surface area contributed by atoms with Crippen molar-refractivity contribution in [2.24, 2.45) is 9.98 Å². The highest BCUT2D eigenvalue weighted by Crippen LogP contribution is 2.40. The van der Waals surface area contributed by atoms with Gasteiger partial charge in [0, 0.05) is 52.6 Å². The SMILES string of the molecule is C=c1nc2c(c(=O)[nH]1)=Nc1cc(C)c(C)cc1N2CC(Cc1ccccc1)OC.C=c1nc2c(c(=O)[nH]1)=Nc1cc(C)c(CN3CC(C)OC(C)C3)cc1N2CCCc1ccccc1.Cc1cc2nc3c(=O)[nH]c(=O)nc-3n(CC(O)Cc3ccc(C(C)(C)C)cc3)c2cc1C.Cc1ccc2c(c1)nc1c(=O)[nH]c(=O)nc-1n2CC(O)Cc1ccc2ccccc2c1. The summed E-state index contributed by atoms with van der Waals surface area (Å²) in [6.45, 7) is 34.9. The van der Waals surface area contributed by atoms with Crippen LogP contribution in [0, 0.1) is 41.5 Å². The van der Waals surface area contributed by atoms with Gasteiger partial charge in [-0.2, -0.15) is 9.97 Å². The van der Waals surface area contributed by atoms with Crippen molar-refractivity contribution in [2.45, 2.75) is 164 Å². The topological polar surface area (TPSA) is 346 Å². The molecule has 9 aromatic carbocycles. The highest BCUT2D eigenvalue weighted by Gasteiger charge is 2.31. The molecule has 6 N–H and O–H groups in total. The molecule has 0 bridgehead atoms. The molecule has 27 heteroatoms. The Morgan fingerprint density at radius 3 is 1.59 bits per heavy atom. The number of hydrogen-bond acceptors (Lipinski definition) is 21. The summed E-state index contributed by atoms with van der Waals surface area (Å²) in [5, 5.41) is 24.8. The molecule has 5 atom stereocenters. The molecule has 18 rings (SSSR count). The van der Waals surface area contributed by atoms with Crippen molar-refractivity contribution in [1.29, 1.82) is 0 Å². The van der Waals surface area contributed by atoms with E-state index in [1.165, 1.54) is 27.8 Å². The number of morpholine rings is 1. The second-order valence-corrected chi connectivity index (χ2v) is 34.4. The molecule has 9 heterocycles. The second-order valence-electron chi connectivity index (χ2n) is 34.4. The van der Waals surface area contributed by atoms with Gasteiger partial charge in [-0.1, -0.05) is 167 Å². The third-order valence-electron chi connectivity index (χ3n) is 23.4. The molecule has 5 unspecified atom stereocenters. The van der Waals surface area contributed by atoms with Crippen LogP contribution in [0.3, 0.4) is 0 Å². The van der Waals surface area contributed by atoms with Gasteiger partial charge in [0.2, 0.25) is 0 Å². The number of fused-ring (bicyclic) bond motifs is 9. The number of methoxy groups -OCH3 is 1. The maximum atomic E-state index is 12.7. The lowest BCUT2D eigenvalue weighted by molar-refractivity contribution is -0.0705. The molecule has 27 nitrogen and oxygen atoms in total. The molecule has 1 saturated heterocycles. The fourth-order valence-corrected chi connectivity index (χ4v) is 16.7. The summed E-state index contributed by atoms with van der Waals surface area (Å²) in [4.78, 5) is 126. The van der Waals surface area contributed by atoms with Crippen LogP contribution in [0.4, 0.5) is 34.4 Å². The van der Waals surface area contributed by atoms with Gasteiger partial charge in [0.1, 0.15) is 11.0 Å². The predicted molar refractivity (Wildman–Crippen MR) is 499 cm³/mol. The van der Waals surface area contributed by atoms with Crippen LogP contribution in [0.25, 0.3) is 69.0 Å². The predicted octanol–water partition coefficient (Wildman–Crippen LogP) is 11.3. The number of aliphatic hydroxyl groups is 2. The average Bonchev–Trinajstić information content (AvgIpc) is 0.766. The van der Waals surface area contributed by atoms with Crippen LogP contribution >= 0.6 is 0 Å². The van der Waals surface area contributed by atoms with Gasteiger partial charge in [0.25, 0.3) is 22.2 Å². The number of hydrogen-bond donors (Lipinski definition) is 6. The Kier molecular flexibility index (Phi) is 26.1. The van der Waals surface area contributed by atoms with Gasteiger partial charge in [-0.25, -0.2) is 39.5 Å². The number of anilines is 4. The maximum Gasteiger partial charge on any atom is 0.349 e. The molecule has 650 valence electrons. The molecule has 7 aliphatic rings. The number of aromatic amines is 4. The van der Waals surface area contributed by atoms with E-state index in [2.05, 4.69) is 199 Å². The highest BCUT2D eigenvalue weighted by molar-refractivity contribution is 5.84. The minimum absolute atomic E-state index is 0.0621. The molecule has 7 aliphatic heterocycles. The lowest BCUT2D eigenvalue weighted by Gasteiger charge is -2.36. The minimum atomic E-state index is -0.752. The molecule has 0 aliphatic carbocycles. The number of H-pyrrole nitrogens is 4. The average molecular weight is 1710 g/mol. The highest BCUT2D eigenvalue weighted by atomic mass is 16.5. The Morgan fingerprint density at radius 1 is 0.488 bits per heavy atom. The third-order valence-corrected chi connectivity index (χ3v) is 23.4. The number of nitrogens with zero attached hydrogens (tertiary/aromatic N) is 13. The van der Waals surface area contributed by atoms with E-state index >= 15 is 0 Å². The van der Waals surface area contributed by atoms with E-state index in [-0.39, 0.29) is 71.0 Å². The first-order chi connectivity index (χ1) is 60.8. The van der Waals surface area contributed by atoms with E-state index in [0.29, 0.717) is 69.2 Å². The summed E-state index contributed by atoms with van der Waals surface area (Å²) in [5.41, 5.74) is 17.4. The van der Waals surface area contributed by atoms with Crippen LogP contribution in [-0.2, 0) is 60.2 Å². The van der Waals surface area contributed by atoms with E-state index in [1.54, 1.807) is 16.2 Å². The summed E-state index contributed by atoms with van der Waals surface area (Å²) in [6.07, 6.45) is 2.33. The lowest BCUT2D eigenvalue weighted by atomic mass is 9.86. The van der Waals surface area contributed by atoms with Gasteiger partial charge in [-0.15, -0.1) is 0 Å². The summed E-state index contributed by atoms with van der Waals surface area (Å²) in [7, 11) is 1.71. The lowest BCUT2D eigenvalue weighted by Crippen LogP contribution is -2.45. The number of rotatable bonds is 19. The molecular weight excluding hydrogens is 1600 g/mol. The summed E-state index contributed by atoms with van der Waals surface area (Å²) in [6, 6.07) is 61.1. The molecular formula is C100H105N17O10. The van der Waals surface area contributed by atoms with E-state index < -0.39 is 34.7 Å². The summed E-state index contributed by atoms with van der Waals surface area (Å²) < 4.78 is 15.2. The smallest absolute Gasteiger partial charge is 0.349 e. The molecule has 0 amide bonds. The number of aryl methyl sites for hydroxylation is 7. The molecule has 11 aromatic rings. The Bertz CT molecular complexity index is 7200. The van der Waals surface area contributed by atoms with Crippen molar-refractivity contribution in [3.8, 4) is 23.0 Å². The number of benzene rings is 9. The minimum Gasteiger partial charge on any atom is -0.391 e. The van der Waals surface area contributed by atoms with E-state index in [9.17, 15) is 39.0 Å². The number of nitrogens with one attached hydrogen (secondary N) is 4. The van der Waals surface area contributed by atoms with Crippen LogP contribution < -0.4 is 65.1 Å². The summed E-state index contributed by atoms with van der Waals surface area (Å²) >= 11 is 0. The Hall–Kier alpha value is -13.7. The first kappa shape index (κ1) is 88.2. The molecule has 0 spiro atoms. The van der Waals surface area contributed by atoms with Crippen LogP contribution in [0.5, 0.6) is 0 Å². The van der Waals surface area contributed by atoms with Gasteiger partial charge in [-0.05, 0) is 200 Å². The zero-order chi connectivity index (χ0) is 89.8. The van der Waals surface area contributed by atoms with Gasteiger partial charge in [0.15, 0.2) is 45.4 Å². The quantitative estimate of drug-likeness (QED) is 0.0410.